The van der Waals surface area contributed by atoms with Gasteiger partial charge in [-0.25, -0.2) is 4.98 Å². The Kier molecular flexibility index (Phi) is 5.92. The lowest BCUT2D eigenvalue weighted by Gasteiger charge is -2.23. The van der Waals surface area contributed by atoms with Crippen LogP contribution in [0, 0.1) is 6.92 Å². The molecular formula is C21H26N4O4S. The molecule has 1 aliphatic rings. The van der Waals surface area contributed by atoms with E-state index in [0.29, 0.717) is 40.9 Å². The molecule has 1 saturated heterocycles. The van der Waals surface area contributed by atoms with E-state index in [-0.39, 0.29) is 12.0 Å². The summed E-state index contributed by atoms with van der Waals surface area (Å²) in [6.07, 6.45) is 1.91. The highest BCUT2D eigenvalue weighted by Crippen LogP contribution is 2.40. The predicted octanol–water partition coefficient (Wildman–Crippen LogP) is 3.66. The third-order valence-corrected chi connectivity index (χ3v) is 6.30. The maximum Gasteiger partial charge on any atom is 0.278 e. The molecule has 0 spiro atoms. The number of ether oxygens (including phenoxy) is 3. The van der Waals surface area contributed by atoms with Crippen molar-refractivity contribution in [2.75, 3.05) is 32.3 Å². The molecule has 3 heterocycles. The summed E-state index contributed by atoms with van der Waals surface area (Å²) in [5.74, 6) is 1.21. The average Bonchev–Trinajstić information content (AvgIpc) is 3.49. The van der Waals surface area contributed by atoms with Crippen molar-refractivity contribution in [3.8, 4) is 11.5 Å². The minimum Gasteiger partial charge on any atom is -0.495 e. The number of methoxy groups -OCH3 is 2. The molecule has 1 aromatic carbocycles. The van der Waals surface area contributed by atoms with Gasteiger partial charge in [0.15, 0.2) is 5.13 Å². The number of hydrogen-bond acceptors (Lipinski definition) is 7. The molecule has 0 bridgehead atoms. The fourth-order valence-corrected chi connectivity index (χ4v) is 4.81. The first kappa shape index (κ1) is 20.6. The molecule has 160 valence electrons. The summed E-state index contributed by atoms with van der Waals surface area (Å²) >= 11 is 1.42. The minimum absolute atomic E-state index is 0.0103. The molecular weight excluding hydrogens is 404 g/mol. The zero-order valence-electron chi connectivity index (χ0n) is 17.7. The van der Waals surface area contributed by atoms with Crippen molar-refractivity contribution < 1.29 is 19.0 Å². The summed E-state index contributed by atoms with van der Waals surface area (Å²) in [6.45, 7) is 5.64. The topological polar surface area (TPSA) is 78.7 Å². The van der Waals surface area contributed by atoms with Gasteiger partial charge in [0.2, 0.25) is 0 Å². The highest BCUT2D eigenvalue weighted by atomic mass is 32.1. The molecule has 0 saturated carbocycles. The summed E-state index contributed by atoms with van der Waals surface area (Å²) in [7, 11) is 3.23. The number of benzene rings is 1. The fraction of sp³-hybridized carbons (Fsp3) is 0.476. The maximum atomic E-state index is 13.6. The minimum atomic E-state index is -0.134. The normalized spacial score (nSPS) is 16.2. The quantitative estimate of drug-likeness (QED) is 0.569. The molecule has 1 amide bonds. The van der Waals surface area contributed by atoms with Gasteiger partial charge < -0.3 is 14.2 Å². The molecule has 3 aromatic rings. The number of nitrogens with zero attached hydrogens (tertiary/aromatic N) is 4. The number of aromatic nitrogens is 3. The molecule has 9 heteroatoms. The zero-order chi connectivity index (χ0) is 21.3. The Morgan fingerprint density at radius 1 is 1.33 bits per heavy atom. The van der Waals surface area contributed by atoms with Crippen molar-refractivity contribution in [3.63, 3.8) is 0 Å². The van der Waals surface area contributed by atoms with Gasteiger partial charge in [0.25, 0.3) is 5.91 Å². The van der Waals surface area contributed by atoms with Crippen LogP contribution in [-0.2, 0) is 11.3 Å². The van der Waals surface area contributed by atoms with E-state index in [1.807, 2.05) is 32.0 Å². The third-order valence-electron chi connectivity index (χ3n) is 5.21. The van der Waals surface area contributed by atoms with Gasteiger partial charge >= 0.3 is 0 Å². The lowest BCUT2D eigenvalue weighted by Crippen LogP contribution is -2.38. The van der Waals surface area contributed by atoms with Crippen LogP contribution in [0.25, 0.3) is 10.2 Å². The standard InChI is InChI=1S/C21H26N4O4S/c1-5-25-15(11-13(2)23-25)20(26)24(12-14-7-6-10-29-14)21-22-18-16(27-3)8-9-17(28-4)19(18)30-21/h8-9,11,14H,5-7,10,12H2,1-4H3. The van der Waals surface area contributed by atoms with Crippen LogP contribution in [0.5, 0.6) is 11.5 Å². The molecule has 2 aromatic heterocycles. The van der Waals surface area contributed by atoms with Crippen LogP contribution < -0.4 is 14.4 Å². The average molecular weight is 431 g/mol. The van der Waals surface area contributed by atoms with E-state index >= 15 is 0 Å². The van der Waals surface area contributed by atoms with Crippen molar-refractivity contribution >= 4 is 32.6 Å². The number of aryl methyl sites for hydroxylation is 2. The van der Waals surface area contributed by atoms with E-state index in [0.717, 1.165) is 29.8 Å². The predicted molar refractivity (Wildman–Crippen MR) is 116 cm³/mol. The van der Waals surface area contributed by atoms with E-state index in [9.17, 15) is 4.79 Å². The SMILES string of the molecule is CCn1nc(C)cc1C(=O)N(CC1CCCO1)c1nc2c(OC)ccc(OC)c2s1. The Balaban J connectivity index is 1.80. The molecule has 1 atom stereocenters. The monoisotopic (exact) mass is 430 g/mol. The second kappa shape index (κ2) is 8.61. The third kappa shape index (κ3) is 3.75. The van der Waals surface area contributed by atoms with Gasteiger partial charge in [-0.15, -0.1) is 0 Å². The first-order valence-corrected chi connectivity index (χ1v) is 10.9. The first-order valence-electron chi connectivity index (χ1n) is 10.0. The van der Waals surface area contributed by atoms with Crippen LogP contribution in [0.2, 0.25) is 0 Å². The molecule has 1 fully saturated rings. The smallest absolute Gasteiger partial charge is 0.278 e. The van der Waals surface area contributed by atoms with Crippen LogP contribution in [0.1, 0.15) is 35.9 Å². The van der Waals surface area contributed by atoms with Gasteiger partial charge in [0, 0.05) is 13.2 Å². The van der Waals surface area contributed by atoms with Gasteiger partial charge in [0.1, 0.15) is 27.4 Å². The maximum absolute atomic E-state index is 13.6. The number of anilines is 1. The Morgan fingerprint density at radius 3 is 2.77 bits per heavy atom. The Morgan fingerprint density at radius 2 is 2.10 bits per heavy atom. The fourth-order valence-electron chi connectivity index (χ4n) is 3.73. The largest absolute Gasteiger partial charge is 0.495 e. The van der Waals surface area contributed by atoms with E-state index in [1.165, 1.54) is 11.3 Å². The number of carbonyl (C=O) groups is 1. The summed E-state index contributed by atoms with van der Waals surface area (Å²) in [5, 5.41) is 5.03. The lowest BCUT2D eigenvalue weighted by molar-refractivity contribution is 0.0908. The van der Waals surface area contributed by atoms with Gasteiger partial charge in [-0.3, -0.25) is 14.4 Å². The second-order valence-electron chi connectivity index (χ2n) is 7.18. The summed E-state index contributed by atoms with van der Waals surface area (Å²) < 4.78 is 19.4. The Hall–Kier alpha value is -2.65. The number of carbonyl (C=O) groups excluding carboxylic acids is 1. The van der Waals surface area contributed by atoms with Gasteiger partial charge in [-0.05, 0) is 44.9 Å². The van der Waals surface area contributed by atoms with Gasteiger partial charge in [-0.2, -0.15) is 5.10 Å². The van der Waals surface area contributed by atoms with Crippen LogP contribution in [0.3, 0.4) is 0 Å². The number of amides is 1. The number of thiazole rings is 1. The molecule has 4 rings (SSSR count). The Bertz CT molecular complexity index is 1010. The number of hydrogen-bond donors (Lipinski definition) is 0. The van der Waals surface area contributed by atoms with E-state index < -0.39 is 0 Å². The van der Waals surface area contributed by atoms with E-state index in [1.54, 1.807) is 23.8 Å². The number of fused-ring (bicyclic) bond motifs is 1. The Labute approximate surface area is 179 Å². The summed E-state index contributed by atoms with van der Waals surface area (Å²) in [6, 6.07) is 5.50. The van der Waals surface area contributed by atoms with Crippen molar-refractivity contribution in [1.82, 2.24) is 14.8 Å². The molecule has 0 aliphatic carbocycles. The van der Waals surface area contributed by atoms with Crippen molar-refractivity contribution in [1.29, 1.82) is 0 Å². The van der Waals surface area contributed by atoms with Crippen molar-refractivity contribution in [2.24, 2.45) is 0 Å². The second-order valence-corrected chi connectivity index (χ2v) is 8.16. The highest BCUT2D eigenvalue weighted by Gasteiger charge is 2.30. The van der Waals surface area contributed by atoms with Crippen LogP contribution in [0.4, 0.5) is 5.13 Å². The van der Waals surface area contributed by atoms with E-state index in [4.69, 9.17) is 19.2 Å². The number of rotatable bonds is 7. The lowest BCUT2D eigenvalue weighted by atomic mass is 10.2. The molecule has 1 aliphatic heterocycles. The van der Waals surface area contributed by atoms with Gasteiger partial charge in [0.05, 0.1) is 32.6 Å². The zero-order valence-corrected chi connectivity index (χ0v) is 18.5. The highest BCUT2D eigenvalue weighted by molar-refractivity contribution is 7.22. The molecule has 0 radical (unpaired) electrons. The van der Waals surface area contributed by atoms with Gasteiger partial charge in [-0.1, -0.05) is 11.3 Å². The molecule has 1 unspecified atom stereocenters. The van der Waals surface area contributed by atoms with E-state index in [2.05, 4.69) is 5.10 Å². The molecule has 8 nitrogen and oxygen atoms in total. The molecule has 0 N–H and O–H groups in total. The van der Waals surface area contributed by atoms with Crippen LogP contribution in [0.15, 0.2) is 18.2 Å². The van der Waals surface area contributed by atoms with Crippen molar-refractivity contribution in [3.05, 3.63) is 29.6 Å². The molecule has 30 heavy (non-hydrogen) atoms. The summed E-state index contributed by atoms with van der Waals surface area (Å²) in [4.78, 5) is 20.1. The first-order chi connectivity index (χ1) is 14.5. The van der Waals surface area contributed by atoms with Crippen molar-refractivity contribution in [2.45, 2.75) is 39.3 Å². The summed E-state index contributed by atoms with van der Waals surface area (Å²) in [5.41, 5.74) is 2.04. The van der Waals surface area contributed by atoms with Crippen LogP contribution >= 0.6 is 11.3 Å². The van der Waals surface area contributed by atoms with Crippen LogP contribution in [-0.4, -0.2) is 54.1 Å².